The van der Waals surface area contributed by atoms with Crippen molar-refractivity contribution in [1.29, 1.82) is 0 Å². The lowest BCUT2D eigenvalue weighted by Gasteiger charge is -2.22. The third-order valence-electron chi connectivity index (χ3n) is 4.88. The monoisotopic (exact) mass is 464 g/mol. The third kappa shape index (κ3) is 6.38. The molecule has 1 heterocycles. The average Bonchev–Trinajstić information content (AvgIpc) is 3.29. The van der Waals surface area contributed by atoms with Gasteiger partial charge in [0.15, 0.2) is 0 Å². The van der Waals surface area contributed by atoms with Crippen LogP contribution >= 0.6 is 35.1 Å². The summed E-state index contributed by atoms with van der Waals surface area (Å²) in [5.74, 6) is 1.10. The number of likely N-dealkylation sites (N-methyl/N-ethyl adjacent to an activating group) is 2. The maximum atomic E-state index is 12.5. The van der Waals surface area contributed by atoms with Crippen molar-refractivity contribution < 1.29 is 4.79 Å². The number of aliphatic imine (C=N–C) groups is 1. The summed E-state index contributed by atoms with van der Waals surface area (Å²) in [6.45, 7) is 3.10. The number of nitrogens with one attached hydrogen (secondary N) is 1. The summed E-state index contributed by atoms with van der Waals surface area (Å²) in [7, 11) is 3.82. The Balaban J connectivity index is 1.41. The van der Waals surface area contributed by atoms with E-state index in [1.165, 1.54) is 11.9 Å². The van der Waals surface area contributed by atoms with Gasteiger partial charge in [0.05, 0.1) is 16.6 Å². The quantitative estimate of drug-likeness (QED) is 0.559. The highest BCUT2D eigenvalue weighted by Gasteiger charge is 2.13. The fraction of sp³-hybridized carbons (Fsp3) is 0.364. The van der Waals surface area contributed by atoms with E-state index in [0.29, 0.717) is 23.0 Å². The average molecular weight is 465 g/mol. The topological polar surface area (TPSA) is 47.9 Å². The van der Waals surface area contributed by atoms with E-state index < -0.39 is 0 Å². The summed E-state index contributed by atoms with van der Waals surface area (Å²) in [6, 6.07) is 13.9. The van der Waals surface area contributed by atoms with Crippen LogP contribution < -0.4 is 5.32 Å². The van der Waals surface area contributed by atoms with Gasteiger partial charge in [-0.15, -0.1) is 0 Å². The van der Waals surface area contributed by atoms with E-state index in [1.807, 2.05) is 26.2 Å². The summed E-state index contributed by atoms with van der Waals surface area (Å²) in [5.41, 5.74) is 2.25. The number of rotatable bonds is 9. The molecule has 30 heavy (non-hydrogen) atoms. The second-order valence-corrected chi connectivity index (χ2v) is 9.19. The number of amides is 1. The molecule has 1 aliphatic rings. The van der Waals surface area contributed by atoms with Crippen molar-refractivity contribution in [3.05, 3.63) is 63.6 Å². The molecule has 160 valence electrons. The molecular weight excluding hydrogens is 439 g/mol. The van der Waals surface area contributed by atoms with E-state index >= 15 is 0 Å². The van der Waals surface area contributed by atoms with E-state index in [-0.39, 0.29) is 5.91 Å². The molecule has 0 fully saturated rings. The molecule has 0 atom stereocenters. The molecule has 2 aromatic rings. The molecule has 3 rings (SSSR count). The molecule has 0 saturated heterocycles. The molecule has 0 spiro atoms. The van der Waals surface area contributed by atoms with Crippen molar-refractivity contribution in [2.45, 2.75) is 17.7 Å². The van der Waals surface area contributed by atoms with Crippen molar-refractivity contribution in [1.82, 2.24) is 14.5 Å². The van der Waals surface area contributed by atoms with Gasteiger partial charge in [-0.1, -0.05) is 53.5 Å². The van der Waals surface area contributed by atoms with Crippen molar-refractivity contribution in [3.8, 4) is 0 Å². The first kappa shape index (κ1) is 22.9. The lowest BCUT2D eigenvalue weighted by Crippen LogP contribution is -2.33. The Morgan fingerprint density at radius 3 is 2.60 bits per heavy atom. The van der Waals surface area contributed by atoms with Gasteiger partial charge in [0.2, 0.25) is 5.91 Å². The molecule has 1 aliphatic heterocycles. The van der Waals surface area contributed by atoms with Gasteiger partial charge in [0, 0.05) is 43.6 Å². The number of nitrogens with zero attached hydrogens (tertiary/aromatic N) is 3. The lowest BCUT2D eigenvalue weighted by molar-refractivity contribution is -0.129. The Morgan fingerprint density at radius 2 is 1.90 bits per heavy atom. The highest BCUT2D eigenvalue weighted by Crippen LogP contribution is 2.33. The van der Waals surface area contributed by atoms with E-state index in [1.54, 1.807) is 11.0 Å². The molecule has 0 aliphatic carbocycles. The molecule has 2 aromatic carbocycles. The Morgan fingerprint density at radius 1 is 1.13 bits per heavy atom. The van der Waals surface area contributed by atoms with Crippen LogP contribution in [0.1, 0.15) is 17.5 Å². The van der Waals surface area contributed by atoms with Gasteiger partial charge in [0.1, 0.15) is 5.84 Å². The molecule has 0 radical (unpaired) electrons. The number of benzene rings is 2. The standard InChI is InChI=1S/C22H26Cl2N4OS/c1-27(14-15-28(2)30-19-5-3-4-18(23)21(19)24)20(29)11-8-16-6-9-17(10-7-16)22-25-12-13-26-22/h3-7,9-10H,8,11-15H2,1-2H3,(H,25,26). The number of carbonyl (C=O) groups is 1. The van der Waals surface area contributed by atoms with Crippen molar-refractivity contribution in [2.24, 2.45) is 4.99 Å². The van der Waals surface area contributed by atoms with Crippen LogP contribution in [-0.2, 0) is 11.2 Å². The van der Waals surface area contributed by atoms with Gasteiger partial charge in [0.25, 0.3) is 0 Å². The number of aryl methyl sites for hydroxylation is 1. The van der Waals surface area contributed by atoms with Crippen LogP contribution in [0.2, 0.25) is 10.0 Å². The van der Waals surface area contributed by atoms with Crippen molar-refractivity contribution >= 4 is 46.9 Å². The molecule has 0 aromatic heterocycles. The fourth-order valence-corrected chi connectivity index (χ4v) is 4.34. The van der Waals surface area contributed by atoms with Crippen molar-refractivity contribution in [2.75, 3.05) is 40.3 Å². The van der Waals surface area contributed by atoms with Gasteiger partial charge in [-0.2, -0.15) is 0 Å². The minimum Gasteiger partial charge on any atom is -0.368 e. The summed E-state index contributed by atoms with van der Waals surface area (Å²) in [4.78, 5) is 19.6. The lowest BCUT2D eigenvalue weighted by atomic mass is 10.1. The molecular formula is C22H26Cl2N4OS. The van der Waals surface area contributed by atoms with Crippen molar-refractivity contribution in [3.63, 3.8) is 0 Å². The smallest absolute Gasteiger partial charge is 0.222 e. The fourth-order valence-electron chi connectivity index (χ4n) is 3.05. The van der Waals surface area contributed by atoms with Crippen LogP contribution in [0.5, 0.6) is 0 Å². The van der Waals surface area contributed by atoms with Crippen LogP contribution in [-0.4, -0.2) is 61.2 Å². The van der Waals surface area contributed by atoms with E-state index in [0.717, 1.165) is 47.9 Å². The molecule has 1 amide bonds. The number of halogens is 2. The molecule has 0 unspecified atom stereocenters. The number of hydrogen-bond donors (Lipinski definition) is 1. The van der Waals surface area contributed by atoms with Gasteiger partial charge in [-0.05, 0) is 43.1 Å². The predicted molar refractivity (Wildman–Crippen MR) is 127 cm³/mol. The van der Waals surface area contributed by atoms with Crippen LogP contribution in [0.15, 0.2) is 52.4 Å². The number of hydrogen-bond acceptors (Lipinski definition) is 5. The summed E-state index contributed by atoms with van der Waals surface area (Å²) in [6.07, 6.45) is 1.22. The van der Waals surface area contributed by atoms with Gasteiger partial charge in [-0.3, -0.25) is 9.79 Å². The highest BCUT2D eigenvalue weighted by molar-refractivity contribution is 7.97. The number of amidine groups is 1. The summed E-state index contributed by atoms with van der Waals surface area (Å²) < 4.78 is 2.06. The normalized spacial score (nSPS) is 13.3. The minimum absolute atomic E-state index is 0.139. The molecule has 0 saturated carbocycles. The third-order valence-corrected chi connectivity index (χ3v) is 6.84. The second kappa shape index (κ2) is 11.0. The molecule has 1 N–H and O–H groups in total. The summed E-state index contributed by atoms with van der Waals surface area (Å²) in [5, 5.41) is 4.37. The second-order valence-electron chi connectivity index (χ2n) is 7.16. The van der Waals surface area contributed by atoms with E-state index in [9.17, 15) is 4.79 Å². The largest absolute Gasteiger partial charge is 0.368 e. The minimum atomic E-state index is 0.139. The first-order valence-corrected chi connectivity index (χ1v) is 11.4. The van der Waals surface area contributed by atoms with Crippen LogP contribution in [0.3, 0.4) is 0 Å². The zero-order valence-electron chi connectivity index (χ0n) is 17.2. The first-order chi connectivity index (χ1) is 14.4. The van der Waals surface area contributed by atoms with Crippen LogP contribution in [0.25, 0.3) is 0 Å². The Bertz CT molecular complexity index is 905. The zero-order valence-corrected chi connectivity index (χ0v) is 19.5. The van der Waals surface area contributed by atoms with Gasteiger partial charge in [-0.25, -0.2) is 4.31 Å². The van der Waals surface area contributed by atoms with E-state index in [2.05, 4.69) is 38.9 Å². The zero-order chi connectivity index (χ0) is 21.5. The molecule has 5 nitrogen and oxygen atoms in total. The first-order valence-electron chi connectivity index (χ1n) is 9.89. The SMILES string of the molecule is CN(CCN(C)C(=O)CCc1ccc(C2=NCCN2)cc1)Sc1cccc(Cl)c1Cl. The number of carbonyl (C=O) groups excluding carboxylic acids is 1. The Kier molecular flexibility index (Phi) is 8.45. The highest BCUT2D eigenvalue weighted by atomic mass is 35.5. The van der Waals surface area contributed by atoms with E-state index in [4.69, 9.17) is 23.2 Å². The molecule has 8 heteroatoms. The van der Waals surface area contributed by atoms with Gasteiger partial charge >= 0.3 is 0 Å². The summed E-state index contributed by atoms with van der Waals surface area (Å²) >= 11 is 13.8. The van der Waals surface area contributed by atoms with Gasteiger partial charge < -0.3 is 10.2 Å². The maximum Gasteiger partial charge on any atom is 0.222 e. The Labute approximate surface area is 192 Å². The molecule has 0 bridgehead atoms. The van der Waals surface area contributed by atoms with Crippen LogP contribution in [0.4, 0.5) is 0 Å². The van der Waals surface area contributed by atoms with Crippen LogP contribution in [0, 0.1) is 0 Å². The predicted octanol–water partition coefficient (Wildman–Crippen LogP) is 4.37. The Hall–Kier alpha value is -1.73. The maximum absolute atomic E-state index is 12.5.